The number of phenols is 2. The van der Waals surface area contributed by atoms with Crippen LogP contribution in [0, 0.1) is 19.8 Å². The molecule has 125 heavy (non-hydrogen) atoms. The number of aliphatic hydroxyl groups is 5. The van der Waals surface area contributed by atoms with Crippen LogP contribution in [0.1, 0.15) is 148 Å². The molecule has 8 aliphatic rings. The lowest BCUT2D eigenvalue weighted by molar-refractivity contribution is -0.332. The third kappa shape index (κ3) is 21.3. The molecule has 0 aliphatic carbocycles. The zero-order valence-electron chi connectivity index (χ0n) is 69.4. The molecule has 40 heteroatoms. The number of rotatable bonds is 26. The van der Waals surface area contributed by atoms with Gasteiger partial charge < -0.3 is 148 Å². The number of unbranched alkanes of at least 4 members (excludes halogenated alkanes) is 2. The van der Waals surface area contributed by atoms with Crippen LogP contribution in [-0.2, 0) is 68.6 Å². The lowest BCUT2D eigenvalue weighted by atomic mass is 9.85. The SMILES string of the molecule is CCCCCOc1ccc(NC(=O)NCOCCNCc2c(O)cc3c(c2C)-c2cc(ccc2O)[C@H]2NC(=O)[C@@H]4NC(=O)[C@H](CC(N)=O)NC(=O)[C@H](NC(=O)[C@@H](CC(C)C)NC)[C@H](O)c5ccc(c(C)c5)Oc5cc4cc(c5O[C@@H]4O[C@H](CO)[C@@H](O)[C@H](O)[C@H]4O[C@H]4C[C@]5(C)NC(=O)O[C@@H]5[C@H](C)O4)Oc4ccc(cc4Cl)[C@@H](O)[C@H](NC2=O)C(=O)N[C@@H]3C(=O)O)cc1. The number of phenolic OH excluding ortho intramolecular Hbond substituents is 2. The van der Waals surface area contributed by atoms with E-state index in [1.54, 1.807) is 38.1 Å². The lowest BCUT2D eigenvalue weighted by Gasteiger charge is -2.46. The fourth-order valence-electron chi connectivity index (χ4n) is 15.8. The summed E-state index contributed by atoms with van der Waals surface area (Å²) in [7, 11) is 1.49. The van der Waals surface area contributed by atoms with Gasteiger partial charge in [-0.15, -0.1) is 0 Å². The van der Waals surface area contributed by atoms with Crippen molar-refractivity contribution in [2.45, 2.75) is 203 Å². The molecule has 3 fully saturated rings. The van der Waals surface area contributed by atoms with Gasteiger partial charge in [0.15, 0.2) is 36.0 Å². The van der Waals surface area contributed by atoms with Crippen molar-refractivity contribution in [3.63, 3.8) is 0 Å². The topological polar surface area (TPSA) is 574 Å². The minimum Gasteiger partial charge on any atom is -0.508 e. The average molecular weight is 1760 g/mol. The number of nitrogens with two attached hydrogens (primary N) is 1. The maximum atomic E-state index is 16.4. The Balaban J connectivity index is 0.984. The second-order valence-corrected chi connectivity index (χ2v) is 32.3. The molecule has 0 unspecified atom stereocenters. The summed E-state index contributed by atoms with van der Waals surface area (Å²) in [6.45, 7) is 11.2. The highest BCUT2D eigenvalue weighted by Gasteiger charge is 2.56. The van der Waals surface area contributed by atoms with Crippen molar-refractivity contribution < 1.29 is 131 Å². The second-order valence-electron chi connectivity index (χ2n) is 31.9. The number of carboxylic acid groups (broad SMARTS) is 1. The van der Waals surface area contributed by atoms with Crippen molar-refractivity contribution in [3.05, 3.63) is 147 Å². The predicted octanol–water partition coefficient (Wildman–Crippen LogP) is 3.61. The number of urea groups is 1. The molecule has 39 nitrogen and oxygen atoms in total. The second kappa shape index (κ2) is 40.1. The highest BCUT2D eigenvalue weighted by atomic mass is 35.5. The molecule has 0 aromatic heterocycles. The fourth-order valence-corrected chi connectivity index (χ4v) is 16.0. The Kier molecular flexibility index (Phi) is 29.6. The molecule has 672 valence electrons. The van der Waals surface area contributed by atoms with E-state index in [1.807, 2.05) is 13.8 Å². The van der Waals surface area contributed by atoms with Gasteiger partial charge in [0.2, 0.25) is 53.4 Å². The molecular weight excluding hydrogens is 1660 g/mol. The van der Waals surface area contributed by atoms with E-state index < -0.39 is 221 Å². The molecule has 21 N–H and O–H groups in total. The number of hydrogen-bond acceptors (Lipinski definition) is 28. The number of halogens is 1. The Bertz CT molecular complexity index is 5050. The zero-order chi connectivity index (χ0) is 90.2. The van der Waals surface area contributed by atoms with Crippen molar-refractivity contribution in [1.82, 2.24) is 53.2 Å². The average Bonchev–Trinajstić information content (AvgIpc) is 1.72. The number of hydrogen-bond donors (Lipinski definition) is 20. The molecule has 3 saturated heterocycles. The number of amides is 10. The molecule has 18 atom stereocenters. The maximum Gasteiger partial charge on any atom is 0.408 e. The number of aliphatic carboxylic acids is 1. The summed E-state index contributed by atoms with van der Waals surface area (Å²) in [4.78, 5) is 145. The molecule has 0 spiro atoms. The number of aliphatic hydroxyl groups excluding tert-OH is 5. The Hall–Kier alpha value is -11.7. The molecular formula is C85H103ClN12O27. The number of nitrogens with one attached hydrogen (secondary N) is 11. The van der Waals surface area contributed by atoms with Gasteiger partial charge in [0.05, 0.1) is 48.9 Å². The van der Waals surface area contributed by atoms with Crippen molar-refractivity contribution in [1.29, 1.82) is 0 Å². The number of carbonyl (C=O) groups excluding carboxylic acids is 9. The molecule has 0 saturated carbocycles. The first kappa shape index (κ1) is 92.5. The third-order valence-corrected chi connectivity index (χ3v) is 22.6. The summed E-state index contributed by atoms with van der Waals surface area (Å²) < 4.78 is 56.3. The first-order chi connectivity index (χ1) is 59.5. The zero-order valence-corrected chi connectivity index (χ0v) is 70.2. The van der Waals surface area contributed by atoms with Crippen LogP contribution in [0.15, 0.2) is 97.1 Å². The summed E-state index contributed by atoms with van der Waals surface area (Å²) in [6.07, 6.45) is -15.6. The number of fused-ring (bicyclic) bond motifs is 16. The summed E-state index contributed by atoms with van der Waals surface area (Å²) in [5.41, 5.74) is 3.71. The first-order valence-corrected chi connectivity index (χ1v) is 41.1. The molecule has 10 amide bonds. The highest BCUT2D eigenvalue weighted by molar-refractivity contribution is 6.32. The molecule has 6 aromatic rings. The molecule has 0 radical (unpaired) electrons. The van der Waals surface area contributed by atoms with Crippen molar-refractivity contribution in [3.8, 4) is 57.1 Å². The van der Waals surface area contributed by atoms with Crippen LogP contribution in [0.5, 0.6) is 46.0 Å². The standard InChI is InChI=1S/C85H103ClN12O27/c1-9-10-11-23-118-46-17-15-45(16-18-46)91-83(115)90-36-117-24-22-89-34-49-39(5)62-47-27-41(12-19-53(47)100)63-77(109)97-67(80(112)95-65(81(113)114)48(62)31-54(49)101)69(104)43-14-21-56(50(86)28-43)121-58-30-44-29-57(72(58)124-82-73(71(106)70(105)59(35-99)122-82)123-61-33-85(7)74(40(6)119-61)125-84(116)98-85)120-55-20-13-42(26-38(55)4)68(103)66(96-75(107)51(88-8)25-37(2)3)79(111)92-52(32-60(87)102)76(108)93-64(44)78(110)94-63/h12-21,26-31,37,40,51-52,59,61,63-71,73-74,82,88-89,99-101,103-106H,9-11,22-25,32-36H2,1-8H3,(H2,87,102)(H,92,111)(H,93,108)(H,94,110)(H,95,112)(H,96,107)(H,97,109)(H,98,116)(H,113,114)(H2,90,91,115)/t40-,51+,52-,59+,61-,63+,64+,65-,66+,67-,68+,69+,70+,71-,73+,74+,82-,85-/m0/s1. The minimum absolute atomic E-state index is 0.0192. The van der Waals surface area contributed by atoms with Crippen LogP contribution in [0.2, 0.25) is 5.02 Å². The van der Waals surface area contributed by atoms with E-state index >= 15 is 24.0 Å². The summed E-state index contributed by atoms with van der Waals surface area (Å²) in [5, 5.41) is 124. The normalized spacial score (nSPS) is 26.3. The van der Waals surface area contributed by atoms with Crippen LogP contribution < -0.4 is 83.2 Å². The van der Waals surface area contributed by atoms with Gasteiger partial charge in [-0.3, -0.25) is 33.6 Å². The van der Waals surface area contributed by atoms with Crippen LogP contribution in [0.25, 0.3) is 11.1 Å². The van der Waals surface area contributed by atoms with E-state index in [9.17, 15) is 64.8 Å². The monoisotopic (exact) mass is 1760 g/mol. The number of aryl methyl sites for hydroxylation is 1. The lowest BCUT2D eigenvalue weighted by Crippen LogP contribution is -2.63. The van der Waals surface area contributed by atoms with Gasteiger partial charge in [0, 0.05) is 36.3 Å². The Labute approximate surface area is 721 Å². The smallest absolute Gasteiger partial charge is 0.408 e. The van der Waals surface area contributed by atoms with Gasteiger partial charge in [-0.2, -0.15) is 0 Å². The van der Waals surface area contributed by atoms with Crippen LogP contribution in [-0.4, -0.2) is 219 Å². The van der Waals surface area contributed by atoms with E-state index in [0.717, 1.165) is 61.7 Å². The van der Waals surface area contributed by atoms with E-state index in [-0.39, 0.29) is 107 Å². The molecule has 8 heterocycles. The van der Waals surface area contributed by atoms with E-state index in [4.69, 9.17) is 60.0 Å². The number of anilines is 1. The summed E-state index contributed by atoms with van der Waals surface area (Å²) >= 11 is 7.20. The molecule has 11 bridgehead atoms. The van der Waals surface area contributed by atoms with Gasteiger partial charge in [-0.25, -0.2) is 14.4 Å². The van der Waals surface area contributed by atoms with Gasteiger partial charge in [0.1, 0.15) is 96.2 Å². The molecule has 6 aromatic carbocycles. The summed E-state index contributed by atoms with van der Waals surface area (Å²) in [5.74, 6) is -13.4. The Morgan fingerprint density at radius 2 is 1.42 bits per heavy atom. The molecule has 14 rings (SSSR count). The van der Waals surface area contributed by atoms with Crippen LogP contribution in [0.4, 0.5) is 15.3 Å². The van der Waals surface area contributed by atoms with E-state index in [1.165, 1.54) is 51.2 Å². The number of carboxylic acids is 1. The predicted molar refractivity (Wildman–Crippen MR) is 441 cm³/mol. The van der Waals surface area contributed by atoms with Crippen LogP contribution >= 0.6 is 11.6 Å². The van der Waals surface area contributed by atoms with Crippen molar-refractivity contribution >= 4 is 76.7 Å². The summed E-state index contributed by atoms with van der Waals surface area (Å²) in [6, 6.07) is 6.23. The van der Waals surface area contributed by atoms with Crippen molar-refractivity contribution in [2.24, 2.45) is 11.7 Å². The van der Waals surface area contributed by atoms with Gasteiger partial charge >= 0.3 is 18.1 Å². The quantitative estimate of drug-likeness (QED) is 0.0272. The number of alkyl carbamates (subject to hydrolysis) is 1. The van der Waals surface area contributed by atoms with Gasteiger partial charge in [-0.05, 0) is 177 Å². The Morgan fingerprint density at radius 1 is 0.736 bits per heavy atom. The molecule has 8 aliphatic heterocycles. The number of likely N-dealkylation sites (N-methyl/N-ethyl adjacent to an activating group) is 1. The number of benzene rings is 6. The van der Waals surface area contributed by atoms with Crippen LogP contribution in [0.3, 0.4) is 0 Å². The number of primary amides is 1. The largest absolute Gasteiger partial charge is 0.508 e. The highest BCUT2D eigenvalue weighted by Crippen LogP contribution is 2.50. The number of ether oxygens (including phenoxy) is 9. The first-order valence-electron chi connectivity index (χ1n) is 40.7. The van der Waals surface area contributed by atoms with Gasteiger partial charge in [0.25, 0.3) is 0 Å². The minimum atomic E-state index is -2.33. The van der Waals surface area contributed by atoms with Gasteiger partial charge in [-0.1, -0.05) is 63.4 Å². The van der Waals surface area contributed by atoms with E-state index in [2.05, 4.69) is 65.4 Å². The Morgan fingerprint density at radius 3 is 2.09 bits per heavy atom. The van der Waals surface area contributed by atoms with E-state index in [0.29, 0.717) is 18.0 Å². The fraction of sp³-hybridized carbons (Fsp3) is 0.459. The number of carbonyl (C=O) groups is 10. The third-order valence-electron chi connectivity index (χ3n) is 22.3. The maximum absolute atomic E-state index is 16.4. The van der Waals surface area contributed by atoms with Crippen molar-refractivity contribution in [2.75, 3.05) is 45.5 Å². The number of aromatic hydroxyl groups is 2.